The lowest BCUT2D eigenvalue weighted by atomic mass is 9.95. The molecule has 1 aliphatic heterocycles. The second-order valence-electron chi connectivity index (χ2n) is 13.3. The van der Waals surface area contributed by atoms with E-state index in [4.69, 9.17) is 0 Å². The molecule has 13 nitrogen and oxygen atoms in total. The molecule has 2 N–H and O–H groups in total. The van der Waals surface area contributed by atoms with E-state index in [0.717, 1.165) is 5.56 Å². The lowest BCUT2D eigenvalue weighted by Gasteiger charge is -2.35. The van der Waals surface area contributed by atoms with Crippen LogP contribution in [-0.4, -0.2) is 83.9 Å². The molecule has 3 amide bonds. The van der Waals surface area contributed by atoms with Gasteiger partial charge in [-0.15, -0.1) is 0 Å². The number of aromatic nitrogens is 1. The van der Waals surface area contributed by atoms with E-state index in [0.29, 0.717) is 35.4 Å². The first-order valence-electron chi connectivity index (χ1n) is 17.0. The van der Waals surface area contributed by atoms with Crippen molar-refractivity contribution < 1.29 is 27.8 Å². The molecule has 1 saturated heterocycles. The van der Waals surface area contributed by atoms with Gasteiger partial charge in [-0.25, -0.2) is 13.2 Å². The van der Waals surface area contributed by atoms with Crippen LogP contribution in [0.5, 0.6) is 0 Å². The van der Waals surface area contributed by atoms with Gasteiger partial charge in [0.2, 0.25) is 15.9 Å². The number of pyridine rings is 1. The minimum atomic E-state index is -4.07. The van der Waals surface area contributed by atoms with Crippen LogP contribution >= 0.6 is 0 Å². The van der Waals surface area contributed by atoms with Crippen molar-refractivity contribution in [2.45, 2.75) is 76.7 Å². The number of aliphatic hydroxyl groups excluding tert-OH is 1. The highest BCUT2D eigenvalue weighted by Crippen LogP contribution is 2.24. The molecular weight excluding hydrogens is 660 g/mol. The zero-order valence-electron chi connectivity index (χ0n) is 29.1. The zero-order valence-corrected chi connectivity index (χ0v) is 29.9. The molecule has 1 aliphatic rings. The van der Waals surface area contributed by atoms with Crippen molar-refractivity contribution in [2.75, 3.05) is 26.2 Å². The van der Waals surface area contributed by atoms with Crippen molar-refractivity contribution in [3.05, 3.63) is 106 Å². The number of rotatable bonds is 18. The van der Waals surface area contributed by atoms with E-state index in [9.17, 15) is 33.2 Å². The van der Waals surface area contributed by atoms with E-state index < -0.39 is 34.1 Å². The fourth-order valence-corrected chi connectivity index (χ4v) is 7.80. The van der Waals surface area contributed by atoms with E-state index in [1.54, 1.807) is 21.9 Å². The molecule has 1 fully saturated rings. The van der Waals surface area contributed by atoms with Gasteiger partial charge in [-0.2, -0.15) is 13.9 Å². The summed E-state index contributed by atoms with van der Waals surface area (Å²) in [6.45, 7) is 8.22. The molecule has 14 heteroatoms. The molecule has 4 atom stereocenters. The number of aliphatic hydroxyl groups is 1. The van der Waals surface area contributed by atoms with Crippen molar-refractivity contribution >= 4 is 22.0 Å². The Bertz CT molecular complexity index is 1690. The maximum Gasteiger partial charge on any atom is 0.321 e. The van der Waals surface area contributed by atoms with Gasteiger partial charge in [0.05, 0.1) is 23.6 Å². The summed E-state index contributed by atoms with van der Waals surface area (Å²) in [4.78, 5) is 41.7. The first kappa shape index (κ1) is 38.4. The van der Waals surface area contributed by atoms with Gasteiger partial charge in [0.15, 0.2) is 12.4 Å². The third kappa shape index (κ3) is 9.86. The van der Waals surface area contributed by atoms with Crippen LogP contribution in [-0.2, 0) is 34.3 Å². The van der Waals surface area contributed by atoms with Gasteiger partial charge >= 0.3 is 6.03 Å². The van der Waals surface area contributed by atoms with Crippen LogP contribution in [0.3, 0.4) is 0 Å². The van der Waals surface area contributed by atoms with Crippen molar-refractivity contribution in [3.8, 4) is 0 Å². The van der Waals surface area contributed by atoms with Gasteiger partial charge in [0.25, 0.3) is 0 Å². The number of hydrogen-bond acceptors (Lipinski definition) is 8. The molecule has 0 bridgehead atoms. The van der Waals surface area contributed by atoms with E-state index in [1.807, 2.05) is 58.0 Å². The number of nitrogens with zero attached hydrogens (tertiary/aromatic N) is 5. The molecule has 2 aromatic carbocycles. The standard InChI is InChI=1S/C36H48N6O7S/c1-5-27(4)34(42-19-18-39(36(42)45)23-30-12-9-17-40(47)24-30)35(44)38-32(20-28-10-7-6-8-11-28)33(43)25-41(22-26(2)3)50(48,49)31-15-13-29(14-16-31)21-37-46/h6-17,24,26-27,32-34,43H,5,18-23,25H2,1-4H3,(H,38,44)/t27-,32-,33+,34-/m0/s1. The number of benzene rings is 2. The van der Waals surface area contributed by atoms with Crippen LogP contribution in [0.4, 0.5) is 4.79 Å². The third-order valence-electron chi connectivity index (χ3n) is 8.98. The Morgan fingerprint density at radius 2 is 1.68 bits per heavy atom. The van der Waals surface area contributed by atoms with Crippen LogP contribution < -0.4 is 10.0 Å². The predicted octanol–water partition coefficient (Wildman–Crippen LogP) is 3.67. The predicted molar refractivity (Wildman–Crippen MR) is 189 cm³/mol. The van der Waals surface area contributed by atoms with Gasteiger partial charge in [-0.3, -0.25) is 4.79 Å². The highest BCUT2D eigenvalue weighted by molar-refractivity contribution is 7.89. The van der Waals surface area contributed by atoms with Crippen LogP contribution in [0.2, 0.25) is 0 Å². The SMILES string of the molecule is CC[C@H](C)[C@@H](C(=O)N[C@@H](Cc1ccccc1)[C@H](O)CN(CC(C)C)S(=O)(=O)c1ccc(CN=O)cc1)N1CCN(Cc2ccc[n+]([O-])c2)C1=O. The monoisotopic (exact) mass is 708 g/mol. The Kier molecular flexibility index (Phi) is 13.4. The number of nitrogens with one attached hydrogen (secondary N) is 1. The number of carbonyl (C=O) groups excluding carboxylic acids is 2. The summed E-state index contributed by atoms with van der Waals surface area (Å²) in [5.41, 5.74) is 2.07. The number of amides is 3. The van der Waals surface area contributed by atoms with Gasteiger partial charge in [-0.05, 0) is 47.6 Å². The molecule has 0 radical (unpaired) electrons. The van der Waals surface area contributed by atoms with Crippen LogP contribution in [0.15, 0.2) is 89.2 Å². The van der Waals surface area contributed by atoms with E-state index in [2.05, 4.69) is 10.5 Å². The summed E-state index contributed by atoms with van der Waals surface area (Å²) in [7, 11) is -4.07. The fraction of sp³-hybridized carbons (Fsp3) is 0.472. The summed E-state index contributed by atoms with van der Waals surface area (Å²) in [6, 6.07) is 16.5. The number of sulfonamides is 1. The van der Waals surface area contributed by atoms with Gasteiger partial charge in [0.1, 0.15) is 12.6 Å². The average molecular weight is 709 g/mol. The minimum absolute atomic E-state index is 0.0122. The van der Waals surface area contributed by atoms with Gasteiger partial charge in [0, 0.05) is 37.8 Å². The first-order valence-corrected chi connectivity index (χ1v) is 18.4. The van der Waals surface area contributed by atoms with E-state index in [-0.39, 0.29) is 55.4 Å². The Hall–Kier alpha value is -4.40. The molecular formula is C36H48N6O7S. The van der Waals surface area contributed by atoms with Gasteiger partial charge in [-0.1, -0.05) is 81.8 Å². The Morgan fingerprint density at radius 1 is 1.00 bits per heavy atom. The smallest absolute Gasteiger partial charge is 0.321 e. The topological polar surface area (TPSA) is 167 Å². The zero-order chi connectivity index (χ0) is 36.4. The molecule has 0 saturated carbocycles. The summed E-state index contributed by atoms with van der Waals surface area (Å²) in [6.07, 6.45) is 2.28. The van der Waals surface area contributed by atoms with E-state index in [1.165, 1.54) is 41.0 Å². The largest absolute Gasteiger partial charge is 0.619 e. The van der Waals surface area contributed by atoms with Crippen LogP contribution in [0, 0.1) is 22.0 Å². The van der Waals surface area contributed by atoms with Crippen molar-refractivity contribution in [2.24, 2.45) is 17.0 Å². The lowest BCUT2D eigenvalue weighted by Crippen LogP contribution is -2.57. The van der Waals surface area contributed by atoms with Crippen molar-refractivity contribution in [1.29, 1.82) is 0 Å². The number of urea groups is 1. The number of hydrogen-bond donors (Lipinski definition) is 2. The highest BCUT2D eigenvalue weighted by Gasteiger charge is 2.41. The number of nitroso groups, excluding NO2 is 1. The molecule has 4 rings (SSSR count). The number of carbonyl (C=O) groups is 2. The Balaban J connectivity index is 1.59. The van der Waals surface area contributed by atoms with E-state index >= 15 is 0 Å². The second kappa shape index (κ2) is 17.5. The molecule has 0 unspecified atom stereocenters. The maximum absolute atomic E-state index is 14.2. The first-order chi connectivity index (χ1) is 23.8. The molecule has 0 aliphatic carbocycles. The second-order valence-corrected chi connectivity index (χ2v) is 15.3. The molecule has 270 valence electrons. The third-order valence-corrected chi connectivity index (χ3v) is 10.8. The highest BCUT2D eigenvalue weighted by atomic mass is 32.2. The molecule has 1 aromatic heterocycles. The summed E-state index contributed by atoms with van der Waals surface area (Å²) >= 11 is 0. The lowest BCUT2D eigenvalue weighted by molar-refractivity contribution is -0.605. The maximum atomic E-state index is 14.2. The summed E-state index contributed by atoms with van der Waals surface area (Å²) < 4.78 is 29.7. The summed E-state index contributed by atoms with van der Waals surface area (Å²) in [5, 5.41) is 29.4. The molecule has 0 spiro atoms. The Morgan fingerprint density at radius 3 is 2.30 bits per heavy atom. The van der Waals surface area contributed by atoms with Gasteiger partial charge < -0.3 is 25.4 Å². The Labute approximate surface area is 294 Å². The molecule has 2 heterocycles. The summed E-state index contributed by atoms with van der Waals surface area (Å²) in [5.74, 6) is -0.750. The normalized spacial score (nSPS) is 16.0. The van der Waals surface area contributed by atoms with Crippen LogP contribution in [0.25, 0.3) is 0 Å². The van der Waals surface area contributed by atoms with Crippen LogP contribution in [0.1, 0.15) is 50.8 Å². The molecule has 3 aromatic rings. The van der Waals surface area contributed by atoms with Crippen molar-refractivity contribution in [3.63, 3.8) is 0 Å². The minimum Gasteiger partial charge on any atom is -0.619 e. The quantitative estimate of drug-likeness (QED) is 0.116. The fourth-order valence-electron chi connectivity index (χ4n) is 6.18. The molecule has 50 heavy (non-hydrogen) atoms. The average Bonchev–Trinajstić information content (AvgIpc) is 3.43. The van der Waals surface area contributed by atoms with Crippen molar-refractivity contribution in [1.82, 2.24) is 19.4 Å².